The number of esters is 1. The zero-order valence-corrected chi connectivity index (χ0v) is 11.9. The molecule has 21 heavy (non-hydrogen) atoms. The van der Waals surface area contributed by atoms with Gasteiger partial charge in [-0.05, 0) is 32.0 Å². The smallest absolute Gasteiger partial charge is 0.307 e. The van der Waals surface area contributed by atoms with E-state index in [1.807, 2.05) is 0 Å². The molecule has 0 fully saturated rings. The zero-order chi connectivity index (χ0) is 15.4. The molecular formula is C15H17FN2O3. The van der Waals surface area contributed by atoms with Crippen molar-refractivity contribution >= 4 is 22.8 Å². The Bertz CT molecular complexity index is 664. The maximum atomic E-state index is 13.5. The van der Waals surface area contributed by atoms with Crippen molar-refractivity contribution < 1.29 is 18.7 Å². The Morgan fingerprint density at radius 1 is 1.38 bits per heavy atom. The molecule has 2 aromatic rings. The molecule has 2 N–H and O–H groups in total. The zero-order valence-electron chi connectivity index (χ0n) is 11.9. The van der Waals surface area contributed by atoms with Crippen molar-refractivity contribution in [1.82, 2.24) is 10.3 Å². The minimum atomic E-state index is -0.386. The summed E-state index contributed by atoms with van der Waals surface area (Å²) in [5.74, 6) is -1.14. The topological polar surface area (TPSA) is 71.2 Å². The molecule has 112 valence electrons. The highest BCUT2D eigenvalue weighted by Crippen LogP contribution is 2.18. The van der Waals surface area contributed by atoms with Crippen LogP contribution in [0.3, 0.4) is 0 Å². The molecule has 1 aromatic heterocycles. The lowest BCUT2D eigenvalue weighted by Gasteiger charge is -2.08. The van der Waals surface area contributed by atoms with Crippen LogP contribution in [0.15, 0.2) is 24.3 Å². The number of rotatable bonds is 5. The first kappa shape index (κ1) is 15.0. The minimum Gasteiger partial charge on any atom is -0.463 e. The minimum absolute atomic E-state index is 0.0957. The maximum absolute atomic E-state index is 13.5. The Morgan fingerprint density at radius 3 is 2.81 bits per heavy atom. The predicted octanol–water partition coefficient (Wildman–Crippen LogP) is 2.38. The lowest BCUT2D eigenvalue weighted by atomic mass is 10.2. The van der Waals surface area contributed by atoms with Crippen LogP contribution < -0.4 is 5.32 Å². The van der Waals surface area contributed by atoms with E-state index in [4.69, 9.17) is 4.74 Å². The van der Waals surface area contributed by atoms with Crippen LogP contribution in [0.1, 0.15) is 30.8 Å². The number of ether oxygens (including phenoxy) is 1. The Balaban J connectivity index is 1.93. The van der Waals surface area contributed by atoms with Gasteiger partial charge in [0.05, 0.1) is 12.5 Å². The number of H-pyrrole nitrogens is 1. The van der Waals surface area contributed by atoms with Gasteiger partial charge in [-0.25, -0.2) is 4.39 Å². The van der Waals surface area contributed by atoms with E-state index >= 15 is 0 Å². The molecule has 5 nitrogen and oxygen atoms in total. The van der Waals surface area contributed by atoms with Gasteiger partial charge in [0.15, 0.2) is 0 Å². The highest BCUT2D eigenvalue weighted by atomic mass is 19.1. The Morgan fingerprint density at radius 2 is 2.14 bits per heavy atom. The lowest BCUT2D eigenvalue weighted by molar-refractivity contribution is -0.147. The van der Waals surface area contributed by atoms with Gasteiger partial charge in [0.25, 0.3) is 5.91 Å². The van der Waals surface area contributed by atoms with Crippen molar-refractivity contribution in [1.29, 1.82) is 0 Å². The van der Waals surface area contributed by atoms with Gasteiger partial charge >= 0.3 is 5.97 Å². The van der Waals surface area contributed by atoms with E-state index in [0.717, 1.165) is 0 Å². The van der Waals surface area contributed by atoms with Gasteiger partial charge in [-0.3, -0.25) is 9.59 Å². The Labute approximate surface area is 121 Å². The van der Waals surface area contributed by atoms with Crippen LogP contribution >= 0.6 is 0 Å². The number of carbonyl (C=O) groups excluding carboxylic acids is 2. The molecular weight excluding hydrogens is 275 g/mol. The fourth-order valence-corrected chi connectivity index (χ4v) is 1.94. The van der Waals surface area contributed by atoms with Crippen LogP contribution in [0, 0.1) is 5.82 Å². The van der Waals surface area contributed by atoms with Gasteiger partial charge in [0.1, 0.15) is 11.5 Å². The summed E-state index contributed by atoms with van der Waals surface area (Å²) in [5.41, 5.74) is 0.812. The van der Waals surface area contributed by atoms with Crippen molar-refractivity contribution in [2.24, 2.45) is 0 Å². The van der Waals surface area contributed by atoms with E-state index in [1.54, 1.807) is 26.0 Å². The van der Waals surface area contributed by atoms with Gasteiger partial charge in [-0.15, -0.1) is 0 Å². The van der Waals surface area contributed by atoms with Crippen LogP contribution in [-0.4, -0.2) is 29.5 Å². The second kappa shape index (κ2) is 6.39. The average molecular weight is 292 g/mol. The van der Waals surface area contributed by atoms with Crippen LogP contribution in [0.25, 0.3) is 10.9 Å². The van der Waals surface area contributed by atoms with E-state index in [0.29, 0.717) is 10.9 Å². The quantitative estimate of drug-likeness (QED) is 0.831. The van der Waals surface area contributed by atoms with Crippen LogP contribution in [-0.2, 0) is 9.53 Å². The summed E-state index contributed by atoms with van der Waals surface area (Å²) in [6.07, 6.45) is -0.0803. The molecule has 1 aromatic carbocycles. The Kier molecular flexibility index (Phi) is 4.57. The molecule has 0 aliphatic heterocycles. The number of halogens is 1. The van der Waals surface area contributed by atoms with E-state index in [9.17, 15) is 14.0 Å². The van der Waals surface area contributed by atoms with Gasteiger partial charge in [0.2, 0.25) is 0 Å². The molecule has 0 aliphatic rings. The number of fused-ring (bicyclic) bond motifs is 1. The third-order valence-corrected chi connectivity index (χ3v) is 2.84. The van der Waals surface area contributed by atoms with Gasteiger partial charge < -0.3 is 15.0 Å². The molecule has 0 radical (unpaired) electrons. The van der Waals surface area contributed by atoms with Crippen molar-refractivity contribution in [2.45, 2.75) is 26.4 Å². The van der Waals surface area contributed by atoms with E-state index in [-0.39, 0.29) is 42.5 Å². The van der Waals surface area contributed by atoms with Crippen molar-refractivity contribution in [3.63, 3.8) is 0 Å². The number of aromatic amines is 1. The molecule has 2 rings (SSSR count). The van der Waals surface area contributed by atoms with E-state index in [1.165, 1.54) is 12.1 Å². The molecule has 0 saturated heterocycles. The molecule has 6 heteroatoms. The number of hydrogen-bond acceptors (Lipinski definition) is 3. The SMILES string of the molecule is CC(C)OC(=O)CCNC(=O)c1cc2c(F)cccc2[nH]1. The molecule has 0 saturated carbocycles. The van der Waals surface area contributed by atoms with Crippen molar-refractivity contribution in [3.8, 4) is 0 Å². The van der Waals surface area contributed by atoms with Crippen LogP contribution in [0.2, 0.25) is 0 Å². The fraction of sp³-hybridized carbons (Fsp3) is 0.333. The number of aromatic nitrogens is 1. The summed E-state index contributed by atoms with van der Waals surface area (Å²) in [4.78, 5) is 26.1. The summed E-state index contributed by atoms with van der Waals surface area (Å²) >= 11 is 0. The second-order valence-corrected chi connectivity index (χ2v) is 4.93. The molecule has 0 aliphatic carbocycles. The summed E-state index contributed by atoms with van der Waals surface area (Å²) < 4.78 is 18.5. The van der Waals surface area contributed by atoms with Gasteiger partial charge in [-0.2, -0.15) is 0 Å². The highest BCUT2D eigenvalue weighted by Gasteiger charge is 2.12. The number of benzene rings is 1. The van der Waals surface area contributed by atoms with Crippen molar-refractivity contribution in [2.75, 3.05) is 6.54 Å². The summed E-state index contributed by atoms with van der Waals surface area (Å²) in [7, 11) is 0. The average Bonchev–Trinajstić information content (AvgIpc) is 2.83. The standard InChI is InChI=1S/C15H17FN2O3/c1-9(2)21-14(19)6-7-17-15(20)13-8-10-11(16)4-3-5-12(10)18-13/h3-5,8-9,18H,6-7H2,1-2H3,(H,17,20). The molecule has 0 spiro atoms. The first-order valence-electron chi connectivity index (χ1n) is 6.72. The number of hydrogen-bond donors (Lipinski definition) is 2. The second-order valence-electron chi connectivity index (χ2n) is 4.93. The third-order valence-electron chi connectivity index (χ3n) is 2.84. The number of nitrogens with one attached hydrogen (secondary N) is 2. The summed E-state index contributed by atoms with van der Waals surface area (Å²) in [6, 6.07) is 6.04. The van der Waals surface area contributed by atoms with E-state index in [2.05, 4.69) is 10.3 Å². The van der Waals surface area contributed by atoms with Gasteiger partial charge in [-0.1, -0.05) is 6.07 Å². The third kappa shape index (κ3) is 3.81. The first-order valence-corrected chi connectivity index (χ1v) is 6.72. The fourth-order valence-electron chi connectivity index (χ4n) is 1.94. The summed E-state index contributed by atoms with van der Waals surface area (Å²) in [5, 5.41) is 2.95. The predicted molar refractivity (Wildman–Crippen MR) is 76.4 cm³/mol. The largest absolute Gasteiger partial charge is 0.463 e. The molecule has 1 heterocycles. The highest BCUT2D eigenvalue weighted by molar-refractivity contribution is 5.98. The first-order chi connectivity index (χ1) is 9.97. The monoisotopic (exact) mass is 292 g/mol. The summed E-state index contributed by atoms with van der Waals surface area (Å²) in [6.45, 7) is 3.69. The normalized spacial score (nSPS) is 10.9. The Hall–Kier alpha value is -2.37. The molecule has 0 unspecified atom stereocenters. The van der Waals surface area contributed by atoms with Crippen LogP contribution in [0.5, 0.6) is 0 Å². The molecule has 0 atom stereocenters. The molecule has 1 amide bonds. The van der Waals surface area contributed by atoms with E-state index < -0.39 is 0 Å². The number of amides is 1. The number of carbonyl (C=O) groups is 2. The lowest BCUT2D eigenvalue weighted by Crippen LogP contribution is -2.27. The molecule has 0 bridgehead atoms. The van der Waals surface area contributed by atoms with Gasteiger partial charge in [0, 0.05) is 17.4 Å². The van der Waals surface area contributed by atoms with Crippen LogP contribution in [0.4, 0.5) is 4.39 Å². The van der Waals surface area contributed by atoms with Crippen molar-refractivity contribution in [3.05, 3.63) is 35.8 Å². The maximum Gasteiger partial charge on any atom is 0.307 e.